The van der Waals surface area contributed by atoms with Crippen LogP contribution in [0.2, 0.25) is 0 Å². The maximum absolute atomic E-state index is 4.97. The summed E-state index contributed by atoms with van der Waals surface area (Å²) in [5.41, 5.74) is 1.36. The van der Waals surface area contributed by atoms with Crippen molar-refractivity contribution >= 4 is 16.5 Å². The molecular formula is C15H25N3S. The van der Waals surface area contributed by atoms with Crippen LogP contribution in [-0.2, 0) is 6.42 Å². The van der Waals surface area contributed by atoms with Gasteiger partial charge in [0.2, 0.25) is 0 Å². The Kier molecular flexibility index (Phi) is 3.81. The van der Waals surface area contributed by atoms with Gasteiger partial charge in [0.15, 0.2) is 5.13 Å². The highest BCUT2D eigenvalue weighted by atomic mass is 32.1. The number of nitrogens with zero attached hydrogens (tertiary/aromatic N) is 2. The quantitative estimate of drug-likeness (QED) is 0.896. The lowest BCUT2D eigenvalue weighted by atomic mass is 9.98. The van der Waals surface area contributed by atoms with Gasteiger partial charge in [0.25, 0.3) is 0 Å². The first-order chi connectivity index (χ1) is 9.19. The summed E-state index contributed by atoms with van der Waals surface area (Å²) in [7, 11) is 2.08. The Morgan fingerprint density at radius 1 is 1.37 bits per heavy atom. The smallest absolute Gasteiger partial charge is 0.186 e. The molecule has 2 aliphatic rings. The minimum absolute atomic E-state index is 0.537. The van der Waals surface area contributed by atoms with E-state index in [-0.39, 0.29) is 0 Å². The van der Waals surface area contributed by atoms with E-state index in [2.05, 4.69) is 31.1 Å². The van der Waals surface area contributed by atoms with Crippen LogP contribution in [0.1, 0.15) is 56.1 Å². The van der Waals surface area contributed by atoms with Crippen molar-refractivity contribution in [2.75, 3.05) is 18.5 Å². The van der Waals surface area contributed by atoms with Crippen LogP contribution in [0.3, 0.4) is 0 Å². The highest BCUT2D eigenvalue weighted by Gasteiger charge is 2.33. The fourth-order valence-corrected chi connectivity index (χ4v) is 4.30. The maximum atomic E-state index is 4.97. The Balaban J connectivity index is 1.85. The number of anilines is 1. The number of rotatable bonds is 5. The lowest BCUT2D eigenvalue weighted by molar-refractivity contribution is 0.501. The molecule has 1 unspecified atom stereocenters. The summed E-state index contributed by atoms with van der Waals surface area (Å²) < 4.78 is 0. The van der Waals surface area contributed by atoms with E-state index in [1.807, 2.05) is 11.3 Å². The summed E-state index contributed by atoms with van der Waals surface area (Å²) in [4.78, 5) is 9.04. The van der Waals surface area contributed by atoms with E-state index in [0.29, 0.717) is 12.0 Å². The van der Waals surface area contributed by atoms with Gasteiger partial charge in [0.1, 0.15) is 0 Å². The molecule has 1 heterocycles. The zero-order chi connectivity index (χ0) is 13.4. The molecule has 1 saturated carbocycles. The number of hydrogen-bond acceptors (Lipinski definition) is 4. The number of fused-ring (bicyclic) bond motifs is 1. The molecule has 3 rings (SSSR count). The Hall–Kier alpha value is -0.610. The molecule has 1 aromatic rings. The van der Waals surface area contributed by atoms with Crippen molar-refractivity contribution in [2.45, 2.75) is 58.0 Å². The first kappa shape index (κ1) is 13.4. The van der Waals surface area contributed by atoms with Crippen molar-refractivity contribution in [2.24, 2.45) is 5.92 Å². The molecular weight excluding hydrogens is 254 g/mol. The minimum Gasteiger partial charge on any atom is -0.345 e. The van der Waals surface area contributed by atoms with Gasteiger partial charge in [-0.2, -0.15) is 0 Å². The average molecular weight is 279 g/mol. The molecule has 1 aromatic heterocycles. The molecule has 106 valence electrons. The first-order valence-corrected chi connectivity index (χ1v) is 8.44. The fourth-order valence-electron chi connectivity index (χ4n) is 2.97. The summed E-state index contributed by atoms with van der Waals surface area (Å²) in [6, 6.07) is 1.30. The Morgan fingerprint density at radius 3 is 2.79 bits per heavy atom. The molecule has 4 heteroatoms. The van der Waals surface area contributed by atoms with Crippen molar-refractivity contribution in [3.05, 3.63) is 10.6 Å². The summed E-state index contributed by atoms with van der Waals surface area (Å²) in [5.74, 6) is 0.710. The predicted molar refractivity (Wildman–Crippen MR) is 82.1 cm³/mol. The van der Waals surface area contributed by atoms with Crippen LogP contribution in [0.25, 0.3) is 0 Å². The SMILES string of the molecule is CNC1CCCc2nc(N(CC(C)C)C3CC3)sc21. The van der Waals surface area contributed by atoms with Gasteiger partial charge in [-0.3, -0.25) is 0 Å². The van der Waals surface area contributed by atoms with E-state index in [4.69, 9.17) is 4.98 Å². The van der Waals surface area contributed by atoms with Gasteiger partial charge < -0.3 is 10.2 Å². The van der Waals surface area contributed by atoms with Gasteiger partial charge in [-0.15, -0.1) is 0 Å². The lowest BCUT2D eigenvalue weighted by Crippen LogP contribution is -2.29. The molecule has 0 bridgehead atoms. The standard InChI is InChI=1S/C15H25N3S/c1-10(2)9-18(11-7-8-11)15-17-13-6-4-5-12(16-3)14(13)19-15/h10-12,16H,4-9H2,1-3H3. The fraction of sp³-hybridized carbons (Fsp3) is 0.800. The van der Waals surface area contributed by atoms with Crippen LogP contribution in [0.4, 0.5) is 5.13 Å². The molecule has 0 saturated heterocycles. The number of aryl methyl sites for hydroxylation is 1. The zero-order valence-electron chi connectivity index (χ0n) is 12.3. The highest BCUT2D eigenvalue weighted by molar-refractivity contribution is 7.15. The molecule has 1 N–H and O–H groups in total. The monoisotopic (exact) mass is 279 g/mol. The number of aromatic nitrogens is 1. The third-order valence-corrected chi connectivity index (χ3v) is 5.33. The predicted octanol–water partition coefficient (Wildman–Crippen LogP) is 3.36. The highest BCUT2D eigenvalue weighted by Crippen LogP contribution is 2.40. The van der Waals surface area contributed by atoms with E-state index < -0.39 is 0 Å². The molecule has 0 radical (unpaired) electrons. The van der Waals surface area contributed by atoms with Crippen molar-refractivity contribution in [1.29, 1.82) is 0 Å². The molecule has 1 atom stereocenters. The van der Waals surface area contributed by atoms with E-state index in [0.717, 1.165) is 12.6 Å². The normalized spacial score (nSPS) is 22.6. The second-order valence-corrected chi connectivity index (χ2v) is 7.33. The topological polar surface area (TPSA) is 28.2 Å². The van der Waals surface area contributed by atoms with Crippen LogP contribution >= 0.6 is 11.3 Å². The molecule has 2 aliphatic carbocycles. The molecule has 0 aromatic carbocycles. The van der Waals surface area contributed by atoms with Crippen molar-refractivity contribution in [1.82, 2.24) is 10.3 Å². The summed E-state index contributed by atoms with van der Waals surface area (Å²) in [6.07, 6.45) is 6.41. The third kappa shape index (κ3) is 2.79. The van der Waals surface area contributed by atoms with Gasteiger partial charge in [-0.25, -0.2) is 4.98 Å². The van der Waals surface area contributed by atoms with Crippen LogP contribution in [0, 0.1) is 5.92 Å². The summed E-state index contributed by atoms with van der Waals surface area (Å²) in [6.45, 7) is 5.76. The van der Waals surface area contributed by atoms with Crippen molar-refractivity contribution in [3.63, 3.8) is 0 Å². The molecule has 0 amide bonds. The van der Waals surface area contributed by atoms with Gasteiger partial charge in [0, 0.05) is 23.5 Å². The maximum Gasteiger partial charge on any atom is 0.186 e. The Labute approximate surface area is 120 Å². The van der Waals surface area contributed by atoms with Crippen molar-refractivity contribution < 1.29 is 0 Å². The van der Waals surface area contributed by atoms with Gasteiger partial charge in [0.05, 0.1) is 5.69 Å². The number of thiazole rings is 1. The number of nitrogens with one attached hydrogen (secondary N) is 1. The van der Waals surface area contributed by atoms with Gasteiger partial charge in [-0.05, 0) is 45.1 Å². The second-order valence-electron chi connectivity index (χ2n) is 6.32. The van der Waals surface area contributed by atoms with Crippen LogP contribution in [0.15, 0.2) is 0 Å². The van der Waals surface area contributed by atoms with E-state index in [9.17, 15) is 0 Å². The van der Waals surface area contributed by atoms with Crippen LogP contribution < -0.4 is 10.2 Å². The van der Waals surface area contributed by atoms with Gasteiger partial charge in [-0.1, -0.05) is 25.2 Å². The average Bonchev–Trinajstić information content (AvgIpc) is 3.13. The molecule has 1 fully saturated rings. The zero-order valence-corrected chi connectivity index (χ0v) is 13.1. The third-order valence-electron chi connectivity index (χ3n) is 4.08. The van der Waals surface area contributed by atoms with E-state index in [1.165, 1.54) is 47.8 Å². The van der Waals surface area contributed by atoms with Gasteiger partial charge >= 0.3 is 0 Å². The Bertz CT molecular complexity index is 437. The molecule has 19 heavy (non-hydrogen) atoms. The molecule has 3 nitrogen and oxygen atoms in total. The van der Waals surface area contributed by atoms with E-state index in [1.54, 1.807) is 0 Å². The largest absolute Gasteiger partial charge is 0.345 e. The summed E-state index contributed by atoms with van der Waals surface area (Å²) in [5, 5.41) is 4.73. The van der Waals surface area contributed by atoms with Crippen LogP contribution in [-0.4, -0.2) is 24.6 Å². The van der Waals surface area contributed by atoms with Crippen LogP contribution in [0.5, 0.6) is 0 Å². The van der Waals surface area contributed by atoms with Crippen molar-refractivity contribution in [3.8, 4) is 0 Å². The molecule has 0 aliphatic heterocycles. The minimum atomic E-state index is 0.537. The second kappa shape index (κ2) is 5.41. The first-order valence-electron chi connectivity index (χ1n) is 7.62. The Morgan fingerprint density at radius 2 is 2.16 bits per heavy atom. The summed E-state index contributed by atoms with van der Waals surface area (Å²) >= 11 is 1.94. The van der Waals surface area contributed by atoms with E-state index >= 15 is 0 Å². The molecule has 0 spiro atoms. The lowest BCUT2D eigenvalue weighted by Gasteiger charge is -2.23. The number of hydrogen-bond donors (Lipinski definition) is 1.